The van der Waals surface area contributed by atoms with Crippen LogP contribution in [0.25, 0.3) is 0 Å². The zero-order valence-corrected chi connectivity index (χ0v) is 13.3. The molecule has 0 amide bonds. The van der Waals surface area contributed by atoms with Crippen LogP contribution in [0.2, 0.25) is 0 Å². The molecule has 1 unspecified atom stereocenters. The Morgan fingerprint density at radius 2 is 2.15 bits per heavy atom. The molecule has 1 aromatic rings. The van der Waals surface area contributed by atoms with Crippen molar-refractivity contribution in [2.24, 2.45) is 5.73 Å². The molecule has 0 aliphatic heterocycles. The standard InChI is InChI=1S/C16H23FN2S/c1-4-16(12-20-3)19(2)11-14-8-13(6-5-7-18)9-15(17)10-14/h8-10,16H,4,7,11-12,18H2,1-3H3. The minimum absolute atomic E-state index is 0.241. The van der Waals surface area contributed by atoms with Crippen molar-refractivity contribution in [3.8, 4) is 11.8 Å². The first kappa shape index (κ1) is 17.0. The lowest BCUT2D eigenvalue weighted by atomic mass is 10.1. The van der Waals surface area contributed by atoms with E-state index in [9.17, 15) is 4.39 Å². The second-order valence-electron chi connectivity index (χ2n) is 4.79. The maximum atomic E-state index is 13.6. The van der Waals surface area contributed by atoms with Crippen molar-refractivity contribution in [1.82, 2.24) is 4.90 Å². The maximum Gasteiger partial charge on any atom is 0.124 e. The summed E-state index contributed by atoms with van der Waals surface area (Å²) in [5, 5.41) is 0. The van der Waals surface area contributed by atoms with Gasteiger partial charge in [0.2, 0.25) is 0 Å². The number of thioether (sulfide) groups is 1. The van der Waals surface area contributed by atoms with Crippen LogP contribution in [0, 0.1) is 17.7 Å². The number of rotatable bonds is 6. The van der Waals surface area contributed by atoms with E-state index in [2.05, 4.69) is 37.0 Å². The van der Waals surface area contributed by atoms with Crippen LogP contribution in [-0.4, -0.2) is 36.5 Å². The number of nitrogens with zero attached hydrogens (tertiary/aromatic N) is 1. The van der Waals surface area contributed by atoms with Crippen molar-refractivity contribution >= 4 is 11.8 Å². The van der Waals surface area contributed by atoms with Gasteiger partial charge in [0.25, 0.3) is 0 Å². The van der Waals surface area contributed by atoms with Crippen LogP contribution < -0.4 is 5.73 Å². The smallest absolute Gasteiger partial charge is 0.124 e. The molecule has 2 N–H and O–H groups in total. The third-order valence-electron chi connectivity index (χ3n) is 3.18. The molecule has 4 heteroatoms. The van der Waals surface area contributed by atoms with Gasteiger partial charge in [-0.2, -0.15) is 11.8 Å². The molecule has 1 rings (SSSR count). The lowest BCUT2D eigenvalue weighted by Gasteiger charge is -2.26. The molecule has 1 aromatic carbocycles. The van der Waals surface area contributed by atoms with Crippen LogP contribution in [-0.2, 0) is 6.54 Å². The monoisotopic (exact) mass is 294 g/mol. The van der Waals surface area contributed by atoms with Crippen molar-refractivity contribution in [3.05, 3.63) is 35.1 Å². The summed E-state index contributed by atoms with van der Waals surface area (Å²) in [7, 11) is 2.08. The van der Waals surface area contributed by atoms with Crippen LogP contribution in [0.3, 0.4) is 0 Å². The first-order valence-electron chi connectivity index (χ1n) is 6.78. The number of halogens is 1. The highest BCUT2D eigenvalue weighted by molar-refractivity contribution is 7.98. The van der Waals surface area contributed by atoms with E-state index in [-0.39, 0.29) is 12.4 Å². The molecule has 2 nitrogen and oxygen atoms in total. The quantitative estimate of drug-likeness (QED) is 0.818. The fourth-order valence-electron chi connectivity index (χ4n) is 2.13. The van der Waals surface area contributed by atoms with Gasteiger partial charge in [-0.3, -0.25) is 4.90 Å². The summed E-state index contributed by atoms with van der Waals surface area (Å²) in [6.07, 6.45) is 3.20. The predicted octanol–water partition coefficient (Wildman–Crippen LogP) is 2.71. The van der Waals surface area contributed by atoms with Crippen LogP contribution in [0.4, 0.5) is 4.39 Å². The molecule has 0 bridgehead atoms. The maximum absolute atomic E-state index is 13.6. The molecule has 0 aliphatic rings. The van der Waals surface area contributed by atoms with Crippen molar-refractivity contribution < 1.29 is 4.39 Å². The second kappa shape index (κ2) is 9.02. The summed E-state index contributed by atoms with van der Waals surface area (Å²) >= 11 is 1.84. The molecule has 0 fully saturated rings. The first-order valence-corrected chi connectivity index (χ1v) is 8.17. The molecule has 20 heavy (non-hydrogen) atoms. The van der Waals surface area contributed by atoms with Gasteiger partial charge in [-0.15, -0.1) is 0 Å². The number of hydrogen-bond donors (Lipinski definition) is 1. The summed E-state index contributed by atoms with van der Waals surface area (Å²) in [5.74, 6) is 6.50. The highest BCUT2D eigenvalue weighted by Crippen LogP contribution is 2.15. The molecule has 0 spiro atoms. The van der Waals surface area contributed by atoms with Crippen LogP contribution in [0.15, 0.2) is 18.2 Å². The Labute approximate surface area is 125 Å². The zero-order chi connectivity index (χ0) is 15.0. The van der Waals surface area contributed by atoms with Crippen molar-refractivity contribution in [2.75, 3.05) is 25.6 Å². The third-order valence-corrected chi connectivity index (χ3v) is 3.90. The normalized spacial score (nSPS) is 12.1. The second-order valence-corrected chi connectivity index (χ2v) is 5.70. The van der Waals surface area contributed by atoms with Gasteiger partial charge < -0.3 is 5.73 Å². The Balaban J connectivity index is 2.83. The minimum Gasteiger partial charge on any atom is -0.320 e. The zero-order valence-electron chi connectivity index (χ0n) is 12.4. The predicted molar refractivity (Wildman–Crippen MR) is 86.3 cm³/mol. The minimum atomic E-state index is -0.241. The van der Waals surface area contributed by atoms with E-state index >= 15 is 0 Å². The van der Waals surface area contributed by atoms with Gasteiger partial charge in [0, 0.05) is 23.9 Å². The summed E-state index contributed by atoms with van der Waals surface area (Å²) in [6.45, 7) is 3.20. The van der Waals surface area contributed by atoms with Gasteiger partial charge in [-0.25, -0.2) is 4.39 Å². The molecule has 0 aliphatic carbocycles. The molecular formula is C16H23FN2S. The Hall–Kier alpha value is -1.02. The van der Waals surface area contributed by atoms with E-state index in [1.54, 1.807) is 6.07 Å². The van der Waals surface area contributed by atoms with Gasteiger partial charge in [0.1, 0.15) is 5.82 Å². The lowest BCUT2D eigenvalue weighted by Crippen LogP contribution is -2.32. The third kappa shape index (κ3) is 5.54. The van der Waals surface area contributed by atoms with E-state index < -0.39 is 0 Å². The Morgan fingerprint density at radius 3 is 2.75 bits per heavy atom. The highest BCUT2D eigenvalue weighted by atomic mass is 32.2. The number of benzene rings is 1. The fraction of sp³-hybridized carbons (Fsp3) is 0.500. The van der Waals surface area contributed by atoms with Crippen molar-refractivity contribution in [1.29, 1.82) is 0 Å². The van der Waals surface area contributed by atoms with Crippen LogP contribution in [0.5, 0.6) is 0 Å². The molecule has 0 aromatic heterocycles. The number of hydrogen-bond acceptors (Lipinski definition) is 3. The van der Waals surface area contributed by atoms with E-state index in [4.69, 9.17) is 5.73 Å². The SMILES string of the molecule is CCC(CSC)N(C)Cc1cc(F)cc(C#CCN)c1. The largest absolute Gasteiger partial charge is 0.320 e. The summed E-state index contributed by atoms with van der Waals surface area (Å²) in [5.41, 5.74) is 6.99. The molecular weight excluding hydrogens is 271 g/mol. The summed E-state index contributed by atoms with van der Waals surface area (Å²) in [4.78, 5) is 2.27. The molecule has 0 saturated heterocycles. The summed E-state index contributed by atoms with van der Waals surface area (Å²) < 4.78 is 13.6. The van der Waals surface area contributed by atoms with Gasteiger partial charge in [-0.05, 0) is 43.5 Å². The molecule has 0 saturated carbocycles. The van der Waals surface area contributed by atoms with Gasteiger partial charge >= 0.3 is 0 Å². The Kier molecular flexibility index (Phi) is 7.68. The van der Waals surface area contributed by atoms with Crippen molar-refractivity contribution in [3.63, 3.8) is 0 Å². The van der Waals surface area contributed by atoms with Crippen LogP contribution in [0.1, 0.15) is 24.5 Å². The molecule has 0 radical (unpaired) electrons. The average Bonchev–Trinajstić information content (AvgIpc) is 2.41. The molecule has 1 atom stereocenters. The van der Waals surface area contributed by atoms with E-state index in [1.165, 1.54) is 6.07 Å². The van der Waals surface area contributed by atoms with Gasteiger partial charge in [0.05, 0.1) is 6.54 Å². The molecule has 110 valence electrons. The lowest BCUT2D eigenvalue weighted by molar-refractivity contribution is 0.247. The fourth-order valence-corrected chi connectivity index (χ4v) is 3.01. The van der Waals surface area contributed by atoms with Gasteiger partial charge in [0.15, 0.2) is 0 Å². The topological polar surface area (TPSA) is 29.3 Å². The average molecular weight is 294 g/mol. The van der Waals surface area contributed by atoms with Crippen LogP contribution >= 0.6 is 11.8 Å². The Morgan fingerprint density at radius 1 is 1.40 bits per heavy atom. The van der Waals surface area contributed by atoms with E-state index in [0.29, 0.717) is 11.6 Å². The summed E-state index contributed by atoms with van der Waals surface area (Å²) in [6, 6.07) is 5.47. The first-order chi connectivity index (χ1) is 9.60. The Bertz CT molecular complexity index is 479. The van der Waals surface area contributed by atoms with E-state index in [0.717, 1.165) is 24.3 Å². The van der Waals surface area contributed by atoms with Gasteiger partial charge in [-0.1, -0.05) is 18.8 Å². The highest BCUT2D eigenvalue weighted by Gasteiger charge is 2.13. The van der Waals surface area contributed by atoms with Crippen molar-refractivity contribution in [2.45, 2.75) is 25.9 Å². The molecule has 0 heterocycles. The van der Waals surface area contributed by atoms with E-state index in [1.807, 2.05) is 17.8 Å². The number of nitrogens with two attached hydrogens (primary N) is 1.